The van der Waals surface area contributed by atoms with E-state index in [0.29, 0.717) is 24.2 Å². The predicted molar refractivity (Wildman–Crippen MR) is 104 cm³/mol. The normalized spacial score (nSPS) is 16.9. The Balaban J connectivity index is 0.00000243. The molecule has 2 heterocycles. The molecule has 5 nitrogen and oxygen atoms in total. The molecule has 26 heavy (non-hydrogen) atoms. The highest BCUT2D eigenvalue weighted by atomic mass is 35.5. The number of ether oxygens (including phenoxy) is 1. The van der Waals surface area contributed by atoms with Crippen LogP contribution >= 0.6 is 12.4 Å². The van der Waals surface area contributed by atoms with Crippen LogP contribution in [0.5, 0.6) is 5.75 Å². The van der Waals surface area contributed by atoms with Crippen molar-refractivity contribution in [3.05, 3.63) is 53.0 Å². The lowest BCUT2D eigenvalue weighted by Crippen LogP contribution is -2.46. The highest BCUT2D eigenvalue weighted by Crippen LogP contribution is 2.21. The van der Waals surface area contributed by atoms with Gasteiger partial charge >= 0.3 is 0 Å². The summed E-state index contributed by atoms with van der Waals surface area (Å²) in [6, 6.07) is 9.99. The Bertz CT molecular complexity index is 744. The third-order valence-electron chi connectivity index (χ3n) is 4.69. The minimum absolute atomic E-state index is 0. The summed E-state index contributed by atoms with van der Waals surface area (Å²) in [6.45, 7) is 5.90. The minimum Gasteiger partial charge on any atom is -0.485 e. The van der Waals surface area contributed by atoms with E-state index in [4.69, 9.17) is 9.15 Å². The van der Waals surface area contributed by atoms with E-state index >= 15 is 0 Å². The van der Waals surface area contributed by atoms with Crippen molar-refractivity contribution in [2.75, 3.05) is 20.1 Å². The Hall–Kier alpha value is -1.98. The maximum atomic E-state index is 12.6. The summed E-state index contributed by atoms with van der Waals surface area (Å²) >= 11 is 0. The number of likely N-dealkylation sites (N-methyl/N-ethyl adjacent to an activating group) is 1. The number of carbonyl (C=O) groups excluding carboxylic acids is 1. The average molecular weight is 379 g/mol. The van der Waals surface area contributed by atoms with Gasteiger partial charge in [-0.2, -0.15) is 0 Å². The molecule has 0 radical (unpaired) electrons. The van der Waals surface area contributed by atoms with Crippen LogP contribution < -0.4 is 10.1 Å². The average Bonchev–Trinajstić information content (AvgIpc) is 3.09. The van der Waals surface area contributed by atoms with E-state index in [2.05, 4.69) is 18.3 Å². The van der Waals surface area contributed by atoms with Gasteiger partial charge in [-0.3, -0.25) is 4.79 Å². The lowest BCUT2D eigenvalue weighted by atomic mass is 10.1. The Morgan fingerprint density at radius 1 is 1.31 bits per heavy atom. The van der Waals surface area contributed by atoms with Crippen LogP contribution in [-0.2, 0) is 6.61 Å². The van der Waals surface area contributed by atoms with Crippen molar-refractivity contribution < 1.29 is 13.9 Å². The second-order valence-electron chi connectivity index (χ2n) is 6.70. The van der Waals surface area contributed by atoms with E-state index in [-0.39, 0.29) is 18.3 Å². The summed E-state index contributed by atoms with van der Waals surface area (Å²) < 4.78 is 11.5. The van der Waals surface area contributed by atoms with Crippen LogP contribution in [0.15, 0.2) is 34.7 Å². The molecule has 1 N–H and O–H groups in total. The molecule has 1 fully saturated rings. The first kappa shape index (κ1) is 20.3. The number of carbonyl (C=O) groups is 1. The Labute approximate surface area is 161 Å². The number of benzene rings is 1. The number of furan rings is 1. The maximum absolute atomic E-state index is 12.6. The minimum atomic E-state index is -0.0438. The molecule has 142 valence electrons. The van der Waals surface area contributed by atoms with Crippen LogP contribution in [0.25, 0.3) is 0 Å². The summed E-state index contributed by atoms with van der Waals surface area (Å²) in [7, 11) is 1.94. The lowest BCUT2D eigenvalue weighted by molar-refractivity contribution is 0.0662. The highest BCUT2D eigenvalue weighted by Gasteiger charge is 2.25. The second kappa shape index (κ2) is 9.10. The Morgan fingerprint density at radius 2 is 2.12 bits per heavy atom. The fourth-order valence-corrected chi connectivity index (χ4v) is 3.23. The zero-order valence-electron chi connectivity index (χ0n) is 15.6. The molecule has 1 aliphatic heterocycles. The maximum Gasteiger partial charge on any atom is 0.289 e. The smallest absolute Gasteiger partial charge is 0.289 e. The van der Waals surface area contributed by atoms with E-state index < -0.39 is 0 Å². The number of likely N-dealkylation sites (tertiary alicyclic amines) is 1. The molecular weight excluding hydrogens is 352 g/mol. The number of hydrogen-bond acceptors (Lipinski definition) is 4. The largest absolute Gasteiger partial charge is 0.485 e. The molecular formula is C20H27ClN2O3. The number of nitrogens with zero attached hydrogens (tertiary/aromatic N) is 1. The van der Waals surface area contributed by atoms with Crippen molar-refractivity contribution in [1.82, 2.24) is 10.2 Å². The molecule has 1 amide bonds. The van der Waals surface area contributed by atoms with Crippen molar-refractivity contribution in [2.45, 2.75) is 39.3 Å². The monoisotopic (exact) mass is 378 g/mol. The van der Waals surface area contributed by atoms with E-state index in [1.54, 1.807) is 6.07 Å². The van der Waals surface area contributed by atoms with Gasteiger partial charge < -0.3 is 19.4 Å². The van der Waals surface area contributed by atoms with Crippen LogP contribution in [0.1, 0.15) is 40.3 Å². The summed E-state index contributed by atoms with van der Waals surface area (Å²) in [6.07, 6.45) is 2.12. The Kier molecular flexibility index (Phi) is 7.12. The number of amides is 1. The first-order chi connectivity index (χ1) is 12.1. The van der Waals surface area contributed by atoms with Gasteiger partial charge in [-0.05, 0) is 57.5 Å². The van der Waals surface area contributed by atoms with Gasteiger partial charge in [0.15, 0.2) is 5.76 Å². The topological polar surface area (TPSA) is 54.7 Å². The molecule has 3 rings (SSSR count). The predicted octanol–water partition coefficient (Wildman–Crippen LogP) is 3.72. The fourth-order valence-electron chi connectivity index (χ4n) is 3.23. The van der Waals surface area contributed by atoms with E-state index in [9.17, 15) is 4.79 Å². The number of hydrogen-bond donors (Lipinski definition) is 1. The van der Waals surface area contributed by atoms with Crippen molar-refractivity contribution in [2.24, 2.45) is 0 Å². The van der Waals surface area contributed by atoms with Crippen LogP contribution in [0.4, 0.5) is 0 Å². The molecule has 0 bridgehead atoms. The van der Waals surface area contributed by atoms with Crippen LogP contribution in [-0.4, -0.2) is 37.0 Å². The van der Waals surface area contributed by atoms with Gasteiger partial charge in [0.05, 0.1) is 0 Å². The first-order valence-corrected chi connectivity index (χ1v) is 8.82. The van der Waals surface area contributed by atoms with Gasteiger partial charge in [-0.25, -0.2) is 0 Å². The quantitative estimate of drug-likeness (QED) is 0.861. The molecule has 1 aliphatic rings. The summed E-state index contributed by atoms with van der Waals surface area (Å²) in [5, 5.41) is 3.25. The lowest BCUT2D eigenvalue weighted by Gasteiger charge is -2.31. The SMILES string of the molecule is CNC1CCCN(C(=O)c2ccc(COc3ccc(C)cc3C)o2)C1.Cl. The van der Waals surface area contributed by atoms with E-state index in [1.165, 1.54) is 5.56 Å². The summed E-state index contributed by atoms with van der Waals surface area (Å²) in [5.74, 6) is 1.84. The van der Waals surface area contributed by atoms with Crippen LogP contribution in [0.2, 0.25) is 0 Å². The first-order valence-electron chi connectivity index (χ1n) is 8.82. The highest BCUT2D eigenvalue weighted by molar-refractivity contribution is 5.91. The van der Waals surface area contributed by atoms with Gasteiger partial charge in [0.2, 0.25) is 0 Å². The number of halogens is 1. The zero-order valence-corrected chi connectivity index (χ0v) is 16.4. The standard InChI is InChI=1S/C20H26N2O3.ClH/c1-14-6-8-18(15(2)11-14)24-13-17-7-9-19(25-17)20(23)22-10-4-5-16(12-22)21-3;/h6-9,11,16,21H,4-5,10,12-13H2,1-3H3;1H. The molecule has 6 heteroatoms. The second-order valence-corrected chi connectivity index (χ2v) is 6.70. The van der Waals surface area contributed by atoms with Crippen LogP contribution in [0.3, 0.4) is 0 Å². The molecule has 1 aromatic carbocycles. The van der Waals surface area contributed by atoms with Crippen molar-refractivity contribution in [1.29, 1.82) is 0 Å². The van der Waals surface area contributed by atoms with Gasteiger partial charge in [0.1, 0.15) is 18.1 Å². The molecule has 0 spiro atoms. The molecule has 0 aliphatic carbocycles. The zero-order chi connectivity index (χ0) is 17.8. The summed E-state index contributed by atoms with van der Waals surface area (Å²) in [5.41, 5.74) is 2.30. The van der Waals surface area contributed by atoms with Gasteiger partial charge in [0.25, 0.3) is 5.91 Å². The van der Waals surface area contributed by atoms with Crippen LogP contribution in [0, 0.1) is 13.8 Å². The number of piperidine rings is 1. The number of aryl methyl sites for hydroxylation is 2. The third-order valence-corrected chi connectivity index (χ3v) is 4.69. The fraction of sp³-hybridized carbons (Fsp3) is 0.450. The number of nitrogens with one attached hydrogen (secondary N) is 1. The third kappa shape index (κ3) is 4.80. The molecule has 1 aromatic heterocycles. The van der Waals surface area contributed by atoms with Crippen molar-refractivity contribution >= 4 is 18.3 Å². The molecule has 2 aromatic rings. The van der Waals surface area contributed by atoms with Gasteiger partial charge in [-0.15, -0.1) is 12.4 Å². The van der Waals surface area contributed by atoms with Crippen molar-refractivity contribution in [3.63, 3.8) is 0 Å². The van der Waals surface area contributed by atoms with E-state index in [0.717, 1.165) is 37.2 Å². The molecule has 1 atom stereocenters. The van der Waals surface area contributed by atoms with Gasteiger partial charge in [-0.1, -0.05) is 17.7 Å². The Morgan fingerprint density at radius 3 is 2.85 bits per heavy atom. The molecule has 1 saturated heterocycles. The molecule has 0 saturated carbocycles. The van der Waals surface area contributed by atoms with E-state index in [1.807, 2.05) is 37.1 Å². The van der Waals surface area contributed by atoms with Gasteiger partial charge in [0, 0.05) is 19.1 Å². The molecule has 1 unspecified atom stereocenters. The summed E-state index contributed by atoms with van der Waals surface area (Å²) in [4.78, 5) is 14.5. The number of rotatable bonds is 5. The van der Waals surface area contributed by atoms with Crippen molar-refractivity contribution in [3.8, 4) is 5.75 Å².